The zero-order valence-corrected chi connectivity index (χ0v) is 8.97. The van der Waals surface area contributed by atoms with E-state index in [1.807, 2.05) is 18.2 Å². The molecule has 0 radical (unpaired) electrons. The molecule has 0 spiro atoms. The van der Waals surface area contributed by atoms with Gasteiger partial charge >= 0.3 is 0 Å². The monoisotopic (exact) mass is 224 g/mol. The summed E-state index contributed by atoms with van der Waals surface area (Å²) in [5.41, 5.74) is 2.55. The first-order valence-electron chi connectivity index (χ1n) is 5.29. The molecule has 0 N–H and O–H groups in total. The normalized spacial score (nSPS) is 10.6. The lowest BCUT2D eigenvalue weighted by Gasteiger charge is -2.03. The largest absolute Gasteiger partial charge is 0.265 e. The summed E-state index contributed by atoms with van der Waals surface area (Å²) >= 11 is 0. The lowest BCUT2D eigenvalue weighted by atomic mass is 10.1. The Hall–Kier alpha value is -2.29. The molecule has 2 nitrogen and oxygen atoms in total. The van der Waals surface area contributed by atoms with Crippen LogP contribution in [0.2, 0.25) is 0 Å². The van der Waals surface area contributed by atoms with Crippen LogP contribution in [0.15, 0.2) is 55.0 Å². The van der Waals surface area contributed by atoms with E-state index in [0.29, 0.717) is 10.9 Å². The zero-order valence-electron chi connectivity index (χ0n) is 8.97. The van der Waals surface area contributed by atoms with Gasteiger partial charge in [-0.15, -0.1) is 0 Å². The minimum atomic E-state index is -0.245. The van der Waals surface area contributed by atoms with Gasteiger partial charge in [-0.1, -0.05) is 6.07 Å². The molecule has 2 aromatic heterocycles. The number of pyridine rings is 2. The third-order valence-electron chi connectivity index (χ3n) is 2.69. The average Bonchev–Trinajstić information content (AvgIpc) is 2.40. The van der Waals surface area contributed by atoms with E-state index in [4.69, 9.17) is 0 Å². The Balaban J connectivity index is 2.23. The van der Waals surface area contributed by atoms with Crippen LogP contribution >= 0.6 is 0 Å². The second kappa shape index (κ2) is 3.94. The van der Waals surface area contributed by atoms with Gasteiger partial charge in [-0.3, -0.25) is 9.97 Å². The van der Waals surface area contributed by atoms with Crippen molar-refractivity contribution in [3.8, 4) is 11.1 Å². The molecule has 2 heterocycles. The summed E-state index contributed by atoms with van der Waals surface area (Å²) < 4.78 is 13.6. The third kappa shape index (κ3) is 1.76. The minimum Gasteiger partial charge on any atom is -0.265 e. The Kier molecular flexibility index (Phi) is 2.29. The van der Waals surface area contributed by atoms with Crippen molar-refractivity contribution in [1.82, 2.24) is 9.97 Å². The van der Waals surface area contributed by atoms with E-state index < -0.39 is 0 Å². The van der Waals surface area contributed by atoms with Crippen molar-refractivity contribution < 1.29 is 4.39 Å². The van der Waals surface area contributed by atoms with Crippen LogP contribution in [-0.2, 0) is 0 Å². The van der Waals surface area contributed by atoms with Crippen LogP contribution in [-0.4, -0.2) is 9.97 Å². The van der Waals surface area contributed by atoms with Crippen LogP contribution in [0.1, 0.15) is 0 Å². The molecule has 0 fully saturated rings. The van der Waals surface area contributed by atoms with Gasteiger partial charge in [0.25, 0.3) is 0 Å². The Morgan fingerprint density at radius 1 is 0.941 bits per heavy atom. The van der Waals surface area contributed by atoms with Crippen LogP contribution in [0, 0.1) is 5.82 Å². The maximum Gasteiger partial charge on any atom is 0.132 e. The van der Waals surface area contributed by atoms with Crippen molar-refractivity contribution in [1.29, 1.82) is 0 Å². The summed E-state index contributed by atoms with van der Waals surface area (Å²) in [4.78, 5) is 8.21. The Morgan fingerprint density at radius 3 is 2.59 bits per heavy atom. The van der Waals surface area contributed by atoms with Crippen LogP contribution in [0.5, 0.6) is 0 Å². The van der Waals surface area contributed by atoms with Gasteiger partial charge in [0.2, 0.25) is 0 Å². The molecule has 0 atom stereocenters. The van der Waals surface area contributed by atoms with Gasteiger partial charge in [-0.25, -0.2) is 4.39 Å². The predicted molar refractivity (Wildman–Crippen MR) is 64.9 cm³/mol. The topological polar surface area (TPSA) is 25.8 Å². The Morgan fingerprint density at radius 2 is 1.76 bits per heavy atom. The summed E-state index contributed by atoms with van der Waals surface area (Å²) in [5.74, 6) is -0.245. The van der Waals surface area contributed by atoms with E-state index in [-0.39, 0.29) is 5.82 Å². The molecule has 0 bridgehead atoms. The SMILES string of the molecule is Fc1cccc2ncc(-c3ccncc3)cc12. The van der Waals surface area contributed by atoms with Crippen LogP contribution < -0.4 is 0 Å². The van der Waals surface area contributed by atoms with E-state index in [0.717, 1.165) is 11.1 Å². The molecule has 1 aromatic carbocycles. The Bertz CT molecular complexity index is 665. The first kappa shape index (κ1) is 9.90. The second-order valence-corrected chi connectivity index (χ2v) is 3.77. The minimum absolute atomic E-state index is 0.245. The molecule has 0 amide bonds. The van der Waals surface area contributed by atoms with Gasteiger partial charge in [0.05, 0.1) is 5.52 Å². The number of hydrogen-bond donors (Lipinski definition) is 0. The highest BCUT2D eigenvalue weighted by molar-refractivity contribution is 5.83. The van der Waals surface area contributed by atoms with Crippen LogP contribution in [0.4, 0.5) is 4.39 Å². The molecular formula is C14H9FN2. The molecule has 82 valence electrons. The highest BCUT2D eigenvalue weighted by Crippen LogP contribution is 2.23. The van der Waals surface area contributed by atoms with Crippen molar-refractivity contribution in [3.63, 3.8) is 0 Å². The number of aromatic nitrogens is 2. The average molecular weight is 224 g/mol. The van der Waals surface area contributed by atoms with Crippen LogP contribution in [0.25, 0.3) is 22.0 Å². The fraction of sp³-hybridized carbons (Fsp3) is 0. The van der Waals surface area contributed by atoms with Gasteiger partial charge in [0.1, 0.15) is 5.82 Å². The van der Waals surface area contributed by atoms with Crippen molar-refractivity contribution in [2.75, 3.05) is 0 Å². The quantitative estimate of drug-likeness (QED) is 0.632. The molecule has 17 heavy (non-hydrogen) atoms. The first-order valence-corrected chi connectivity index (χ1v) is 5.29. The van der Waals surface area contributed by atoms with E-state index in [1.54, 1.807) is 30.7 Å². The van der Waals surface area contributed by atoms with Crippen molar-refractivity contribution >= 4 is 10.9 Å². The van der Waals surface area contributed by atoms with Gasteiger partial charge in [0.15, 0.2) is 0 Å². The third-order valence-corrected chi connectivity index (χ3v) is 2.69. The van der Waals surface area contributed by atoms with Crippen molar-refractivity contribution in [2.45, 2.75) is 0 Å². The van der Waals surface area contributed by atoms with Gasteiger partial charge < -0.3 is 0 Å². The fourth-order valence-electron chi connectivity index (χ4n) is 1.82. The van der Waals surface area contributed by atoms with Gasteiger partial charge in [0, 0.05) is 29.5 Å². The zero-order chi connectivity index (χ0) is 11.7. The van der Waals surface area contributed by atoms with E-state index >= 15 is 0 Å². The maximum atomic E-state index is 13.6. The molecule has 0 unspecified atom stereocenters. The molecular weight excluding hydrogens is 215 g/mol. The summed E-state index contributed by atoms with van der Waals surface area (Å²) in [7, 11) is 0. The summed E-state index contributed by atoms with van der Waals surface area (Å²) in [5, 5.41) is 0.543. The molecule has 0 aliphatic carbocycles. The number of nitrogens with zero attached hydrogens (tertiary/aromatic N) is 2. The lowest BCUT2D eigenvalue weighted by molar-refractivity contribution is 0.639. The molecule has 0 saturated heterocycles. The van der Waals surface area contributed by atoms with Gasteiger partial charge in [-0.05, 0) is 35.9 Å². The first-order chi connectivity index (χ1) is 8.34. The van der Waals surface area contributed by atoms with Crippen molar-refractivity contribution in [3.05, 3.63) is 60.8 Å². The van der Waals surface area contributed by atoms with Crippen molar-refractivity contribution in [2.24, 2.45) is 0 Å². The van der Waals surface area contributed by atoms with E-state index in [9.17, 15) is 4.39 Å². The number of rotatable bonds is 1. The predicted octanol–water partition coefficient (Wildman–Crippen LogP) is 3.44. The summed E-state index contributed by atoms with van der Waals surface area (Å²) in [6, 6.07) is 10.5. The highest BCUT2D eigenvalue weighted by Gasteiger charge is 2.04. The second-order valence-electron chi connectivity index (χ2n) is 3.77. The summed E-state index contributed by atoms with van der Waals surface area (Å²) in [6.45, 7) is 0. The van der Waals surface area contributed by atoms with E-state index in [1.165, 1.54) is 6.07 Å². The maximum absolute atomic E-state index is 13.6. The molecule has 0 saturated carbocycles. The smallest absolute Gasteiger partial charge is 0.132 e. The number of benzene rings is 1. The lowest BCUT2D eigenvalue weighted by Crippen LogP contribution is -1.86. The molecule has 3 heteroatoms. The standard InChI is InChI=1S/C14H9FN2/c15-13-2-1-3-14-12(13)8-11(9-17-14)10-4-6-16-7-5-10/h1-9H. The van der Waals surface area contributed by atoms with Gasteiger partial charge in [-0.2, -0.15) is 0 Å². The summed E-state index contributed by atoms with van der Waals surface area (Å²) in [6.07, 6.45) is 5.17. The molecule has 0 aliphatic rings. The van der Waals surface area contributed by atoms with Crippen LogP contribution in [0.3, 0.4) is 0 Å². The highest BCUT2D eigenvalue weighted by atomic mass is 19.1. The number of halogens is 1. The molecule has 3 rings (SSSR count). The fourth-order valence-corrected chi connectivity index (χ4v) is 1.82. The number of fused-ring (bicyclic) bond motifs is 1. The Labute approximate surface area is 97.8 Å². The molecule has 3 aromatic rings. The molecule has 0 aliphatic heterocycles. The number of hydrogen-bond acceptors (Lipinski definition) is 2. The van der Waals surface area contributed by atoms with E-state index in [2.05, 4.69) is 9.97 Å².